The fourth-order valence-corrected chi connectivity index (χ4v) is 3.45. The smallest absolute Gasteiger partial charge is 0.396 e. The van der Waals surface area contributed by atoms with Crippen molar-refractivity contribution in [2.45, 2.75) is 69.8 Å². The molecule has 0 bridgehead atoms. The topological polar surface area (TPSA) is 44.8 Å². The van der Waals surface area contributed by atoms with Gasteiger partial charge in [0.2, 0.25) is 6.29 Å². The largest absolute Gasteiger partial charge is 0.432 e. The highest BCUT2D eigenvalue weighted by molar-refractivity contribution is 5.89. The lowest BCUT2D eigenvalue weighted by Gasteiger charge is -2.38. The van der Waals surface area contributed by atoms with Crippen LogP contribution in [0.1, 0.15) is 55.3 Å². The molecular formula is C19H23F3O4. The summed E-state index contributed by atoms with van der Waals surface area (Å²) < 4.78 is 56.3. The highest BCUT2D eigenvalue weighted by Gasteiger charge is 2.50. The van der Waals surface area contributed by atoms with Gasteiger partial charge in [0, 0.05) is 6.42 Å². The molecular weight excluding hydrogens is 349 g/mol. The van der Waals surface area contributed by atoms with Gasteiger partial charge in [-0.25, -0.2) is 4.79 Å². The summed E-state index contributed by atoms with van der Waals surface area (Å²) in [6.07, 6.45) is -2.86. The zero-order valence-electron chi connectivity index (χ0n) is 14.4. The van der Waals surface area contributed by atoms with E-state index in [0.717, 1.165) is 32.1 Å². The Hall–Kier alpha value is -1.60. The van der Waals surface area contributed by atoms with Gasteiger partial charge >= 0.3 is 12.1 Å². The molecule has 1 heterocycles. The third kappa shape index (κ3) is 4.98. The third-order valence-corrected chi connectivity index (χ3v) is 4.87. The van der Waals surface area contributed by atoms with E-state index in [9.17, 15) is 18.0 Å². The second-order valence-corrected chi connectivity index (χ2v) is 6.83. The molecule has 1 aromatic rings. The molecule has 0 N–H and O–H groups in total. The maximum absolute atomic E-state index is 13.3. The van der Waals surface area contributed by atoms with Gasteiger partial charge in [-0.05, 0) is 31.4 Å². The summed E-state index contributed by atoms with van der Waals surface area (Å²) >= 11 is 0. The Labute approximate surface area is 150 Å². The molecule has 0 spiro atoms. The molecule has 144 valence electrons. The van der Waals surface area contributed by atoms with Crippen molar-refractivity contribution in [3.8, 4) is 0 Å². The number of carbonyl (C=O) groups is 1. The molecule has 3 rings (SSSR count). The minimum absolute atomic E-state index is 0.00667. The minimum Gasteiger partial charge on any atom is -0.432 e. The van der Waals surface area contributed by atoms with E-state index in [1.54, 1.807) is 30.3 Å². The predicted octanol–water partition coefficient (Wildman–Crippen LogP) is 4.83. The molecule has 1 saturated heterocycles. The second-order valence-electron chi connectivity index (χ2n) is 6.83. The van der Waals surface area contributed by atoms with Gasteiger partial charge in [0.15, 0.2) is 6.29 Å². The molecule has 2 aliphatic rings. The average molecular weight is 372 g/mol. The Morgan fingerprint density at radius 2 is 1.69 bits per heavy atom. The summed E-state index contributed by atoms with van der Waals surface area (Å²) in [7, 11) is 0. The number of esters is 1. The molecule has 2 fully saturated rings. The molecule has 0 radical (unpaired) electrons. The molecule has 1 saturated carbocycles. The zero-order chi connectivity index (χ0) is 18.6. The van der Waals surface area contributed by atoms with Crippen molar-refractivity contribution in [2.24, 2.45) is 5.92 Å². The lowest BCUT2D eigenvalue weighted by atomic mass is 9.96. The third-order valence-electron chi connectivity index (χ3n) is 4.87. The van der Waals surface area contributed by atoms with E-state index in [0.29, 0.717) is 5.56 Å². The van der Waals surface area contributed by atoms with Gasteiger partial charge in [-0.3, -0.25) is 0 Å². The molecule has 0 amide bonds. The van der Waals surface area contributed by atoms with Crippen molar-refractivity contribution in [1.82, 2.24) is 0 Å². The van der Waals surface area contributed by atoms with Gasteiger partial charge in [-0.15, -0.1) is 0 Å². The van der Waals surface area contributed by atoms with E-state index < -0.39 is 30.6 Å². The predicted molar refractivity (Wildman–Crippen MR) is 87.3 cm³/mol. The number of carbonyl (C=O) groups excluding carboxylic acids is 1. The first-order valence-corrected chi connectivity index (χ1v) is 9.07. The van der Waals surface area contributed by atoms with Crippen molar-refractivity contribution in [3.63, 3.8) is 0 Å². The first-order chi connectivity index (χ1) is 12.4. The SMILES string of the molecule is O=C(OC1CCC(C(F)(F)F)C(OC2CCCCC2)O1)c1ccccc1. The Balaban J connectivity index is 1.63. The first-order valence-electron chi connectivity index (χ1n) is 9.07. The highest BCUT2D eigenvalue weighted by Crippen LogP contribution is 2.40. The monoisotopic (exact) mass is 372 g/mol. The van der Waals surface area contributed by atoms with E-state index in [1.165, 1.54) is 0 Å². The Kier molecular flexibility index (Phi) is 6.19. The lowest BCUT2D eigenvalue weighted by molar-refractivity contribution is -0.334. The van der Waals surface area contributed by atoms with E-state index in [4.69, 9.17) is 14.2 Å². The fourth-order valence-electron chi connectivity index (χ4n) is 3.45. The summed E-state index contributed by atoms with van der Waals surface area (Å²) in [6.45, 7) is 0. The Bertz CT molecular complexity index is 584. The number of ether oxygens (including phenoxy) is 3. The van der Waals surface area contributed by atoms with Gasteiger partial charge < -0.3 is 14.2 Å². The fraction of sp³-hybridized carbons (Fsp3) is 0.632. The quantitative estimate of drug-likeness (QED) is 0.710. The zero-order valence-corrected chi connectivity index (χ0v) is 14.4. The summed E-state index contributed by atoms with van der Waals surface area (Å²) in [5, 5.41) is 0. The summed E-state index contributed by atoms with van der Waals surface area (Å²) in [4.78, 5) is 12.1. The summed E-state index contributed by atoms with van der Waals surface area (Å²) in [6, 6.07) is 8.30. The van der Waals surface area contributed by atoms with Crippen molar-refractivity contribution < 1.29 is 32.2 Å². The van der Waals surface area contributed by atoms with Gasteiger partial charge in [0.05, 0.1) is 11.7 Å². The van der Waals surface area contributed by atoms with Crippen LogP contribution in [-0.2, 0) is 14.2 Å². The van der Waals surface area contributed by atoms with Crippen molar-refractivity contribution in [1.29, 1.82) is 0 Å². The number of hydrogen-bond acceptors (Lipinski definition) is 4. The first kappa shape index (κ1) is 19.2. The molecule has 1 aliphatic carbocycles. The van der Waals surface area contributed by atoms with Crippen LogP contribution in [0.3, 0.4) is 0 Å². The molecule has 0 aromatic heterocycles. The highest BCUT2D eigenvalue weighted by atomic mass is 19.4. The molecule has 4 nitrogen and oxygen atoms in total. The molecule has 1 aliphatic heterocycles. The maximum atomic E-state index is 13.3. The van der Waals surface area contributed by atoms with E-state index in [-0.39, 0.29) is 18.9 Å². The second kappa shape index (κ2) is 8.39. The summed E-state index contributed by atoms with van der Waals surface area (Å²) in [5.41, 5.74) is 0.332. The average Bonchev–Trinajstić information content (AvgIpc) is 2.62. The van der Waals surface area contributed by atoms with Crippen LogP contribution in [0.25, 0.3) is 0 Å². The molecule has 26 heavy (non-hydrogen) atoms. The van der Waals surface area contributed by atoms with Crippen LogP contribution >= 0.6 is 0 Å². The standard InChI is InChI=1S/C19H23F3O4/c20-19(21,22)15-11-12-16(25-17(23)13-7-3-1-4-8-13)26-18(15)24-14-9-5-2-6-10-14/h1,3-4,7-8,14-16,18H,2,5-6,9-12H2. The van der Waals surface area contributed by atoms with Crippen LogP contribution in [0.5, 0.6) is 0 Å². The number of hydrogen-bond donors (Lipinski definition) is 0. The molecule has 3 atom stereocenters. The lowest BCUT2D eigenvalue weighted by Crippen LogP contribution is -2.47. The van der Waals surface area contributed by atoms with Gasteiger partial charge in [0.25, 0.3) is 0 Å². The number of benzene rings is 1. The van der Waals surface area contributed by atoms with Crippen LogP contribution in [0.15, 0.2) is 30.3 Å². The number of halogens is 3. The Morgan fingerprint density at radius 1 is 1.00 bits per heavy atom. The molecule has 7 heteroatoms. The van der Waals surface area contributed by atoms with E-state index in [2.05, 4.69) is 0 Å². The van der Waals surface area contributed by atoms with Crippen molar-refractivity contribution >= 4 is 5.97 Å². The van der Waals surface area contributed by atoms with E-state index in [1.807, 2.05) is 0 Å². The van der Waals surface area contributed by atoms with Crippen LogP contribution in [-0.4, -0.2) is 30.8 Å². The van der Waals surface area contributed by atoms with Crippen molar-refractivity contribution in [3.05, 3.63) is 35.9 Å². The van der Waals surface area contributed by atoms with Gasteiger partial charge in [0.1, 0.15) is 5.92 Å². The number of rotatable bonds is 4. The maximum Gasteiger partial charge on any atom is 0.396 e. The van der Waals surface area contributed by atoms with Crippen LogP contribution < -0.4 is 0 Å². The van der Waals surface area contributed by atoms with E-state index >= 15 is 0 Å². The normalized spacial score (nSPS) is 27.9. The molecule has 1 aromatic carbocycles. The van der Waals surface area contributed by atoms with Crippen LogP contribution in [0, 0.1) is 5.92 Å². The van der Waals surface area contributed by atoms with Gasteiger partial charge in [-0.1, -0.05) is 37.5 Å². The van der Waals surface area contributed by atoms with Gasteiger partial charge in [-0.2, -0.15) is 13.2 Å². The van der Waals surface area contributed by atoms with Crippen LogP contribution in [0.2, 0.25) is 0 Å². The van der Waals surface area contributed by atoms with Crippen LogP contribution in [0.4, 0.5) is 13.2 Å². The molecule has 3 unspecified atom stereocenters. The Morgan fingerprint density at radius 3 is 2.35 bits per heavy atom. The minimum atomic E-state index is -4.41. The number of alkyl halides is 3. The summed E-state index contributed by atoms with van der Waals surface area (Å²) in [5.74, 6) is -2.31. The van der Waals surface area contributed by atoms with Crippen molar-refractivity contribution in [2.75, 3.05) is 0 Å².